The maximum absolute atomic E-state index is 11.0. The molecule has 6 nitrogen and oxygen atoms in total. The lowest BCUT2D eigenvalue weighted by Crippen LogP contribution is -2.05. The number of aromatic nitrogens is 2. The van der Waals surface area contributed by atoms with Crippen LogP contribution in [-0.4, -0.2) is 14.9 Å². The fraction of sp³-hybridized carbons (Fsp3) is 0.231. The molecule has 2 heterocycles. The monoisotopic (exact) mass is 258 g/mol. The number of hydrogen-bond donors (Lipinski definition) is 1. The SMILES string of the molecule is CC(C)c1nc(N)c([N+](=O)[O-])cc1-c1ccncc1. The minimum Gasteiger partial charge on any atom is -0.378 e. The molecule has 0 aliphatic carbocycles. The Labute approximate surface area is 110 Å². The van der Waals surface area contributed by atoms with E-state index >= 15 is 0 Å². The topological polar surface area (TPSA) is 94.9 Å². The van der Waals surface area contributed by atoms with Gasteiger partial charge in [0.15, 0.2) is 0 Å². The number of rotatable bonds is 3. The smallest absolute Gasteiger partial charge is 0.311 e. The molecule has 0 aliphatic rings. The second-order valence-corrected chi connectivity index (χ2v) is 4.47. The summed E-state index contributed by atoms with van der Waals surface area (Å²) in [6.45, 7) is 3.94. The first-order valence-corrected chi connectivity index (χ1v) is 5.86. The Morgan fingerprint density at radius 1 is 1.32 bits per heavy atom. The Kier molecular flexibility index (Phi) is 3.41. The van der Waals surface area contributed by atoms with E-state index in [2.05, 4.69) is 9.97 Å². The Hall–Kier alpha value is -2.50. The predicted octanol–water partition coefficient (Wildman–Crippen LogP) is 2.76. The lowest BCUT2D eigenvalue weighted by atomic mass is 9.98. The number of hydrogen-bond acceptors (Lipinski definition) is 5. The Balaban J connectivity index is 2.70. The van der Waals surface area contributed by atoms with Gasteiger partial charge in [0, 0.05) is 24.0 Å². The quantitative estimate of drug-likeness (QED) is 0.674. The first-order valence-electron chi connectivity index (χ1n) is 5.86. The van der Waals surface area contributed by atoms with Crippen molar-refractivity contribution < 1.29 is 4.92 Å². The number of pyridine rings is 2. The van der Waals surface area contributed by atoms with E-state index in [1.165, 1.54) is 6.07 Å². The molecule has 0 aromatic carbocycles. The normalized spacial score (nSPS) is 10.7. The number of anilines is 1. The standard InChI is InChI=1S/C13H14N4O2/c1-8(2)12-10(9-3-5-15-6-4-9)7-11(17(18)19)13(14)16-12/h3-8H,1-2H3,(H2,14,16). The van der Waals surface area contributed by atoms with Gasteiger partial charge in [0.25, 0.3) is 0 Å². The highest BCUT2D eigenvalue weighted by molar-refractivity contribution is 5.72. The number of nitrogens with two attached hydrogens (primary N) is 1. The Bertz CT molecular complexity index is 612. The minimum absolute atomic E-state index is 0.0495. The second-order valence-electron chi connectivity index (χ2n) is 4.47. The third-order valence-electron chi connectivity index (χ3n) is 2.80. The van der Waals surface area contributed by atoms with Crippen LogP contribution in [0.2, 0.25) is 0 Å². The van der Waals surface area contributed by atoms with Gasteiger partial charge in [-0.25, -0.2) is 4.98 Å². The van der Waals surface area contributed by atoms with Crippen molar-refractivity contribution in [2.24, 2.45) is 0 Å². The van der Waals surface area contributed by atoms with Crippen molar-refractivity contribution in [2.45, 2.75) is 19.8 Å². The van der Waals surface area contributed by atoms with Gasteiger partial charge in [-0.3, -0.25) is 15.1 Å². The summed E-state index contributed by atoms with van der Waals surface area (Å²) in [6.07, 6.45) is 3.28. The lowest BCUT2D eigenvalue weighted by molar-refractivity contribution is -0.384. The molecule has 0 amide bonds. The molecule has 0 unspecified atom stereocenters. The van der Waals surface area contributed by atoms with Crippen LogP contribution in [0.1, 0.15) is 25.5 Å². The zero-order valence-electron chi connectivity index (χ0n) is 10.7. The molecule has 19 heavy (non-hydrogen) atoms. The van der Waals surface area contributed by atoms with Gasteiger partial charge in [0.2, 0.25) is 5.82 Å². The molecule has 0 saturated carbocycles. The van der Waals surface area contributed by atoms with Crippen molar-refractivity contribution in [1.82, 2.24) is 9.97 Å². The predicted molar refractivity (Wildman–Crippen MR) is 72.6 cm³/mol. The van der Waals surface area contributed by atoms with Crippen molar-refractivity contribution in [3.63, 3.8) is 0 Å². The molecule has 98 valence electrons. The second kappa shape index (κ2) is 5.01. The van der Waals surface area contributed by atoms with Gasteiger partial charge in [0.05, 0.1) is 10.6 Å². The van der Waals surface area contributed by atoms with Crippen LogP contribution in [-0.2, 0) is 0 Å². The summed E-state index contributed by atoms with van der Waals surface area (Å²) in [5, 5.41) is 11.0. The van der Waals surface area contributed by atoms with E-state index < -0.39 is 4.92 Å². The van der Waals surface area contributed by atoms with Crippen molar-refractivity contribution in [2.75, 3.05) is 5.73 Å². The van der Waals surface area contributed by atoms with Crippen LogP contribution < -0.4 is 5.73 Å². The molecule has 0 radical (unpaired) electrons. The van der Waals surface area contributed by atoms with Crippen LogP contribution in [0, 0.1) is 10.1 Å². The highest BCUT2D eigenvalue weighted by Gasteiger charge is 2.20. The Morgan fingerprint density at radius 2 is 1.95 bits per heavy atom. The van der Waals surface area contributed by atoms with Gasteiger partial charge in [-0.1, -0.05) is 13.8 Å². The van der Waals surface area contributed by atoms with E-state index in [-0.39, 0.29) is 17.4 Å². The fourth-order valence-corrected chi connectivity index (χ4v) is 1.88. The molecule has 2 aromatic heterocycles. The van der Waals surface area contributed by atoms with E-state index in [1.54, 1.807) is 24.5 Å². The van der Waals surface area contributed by atoms with Gasteiger partial charge in [-0.2, -0.15) is 0 Å². The van der Waals surface area contributed by atoms with Crippen molar-refractivity contribution >= 4 is 11.5 Å². The summed E-state index contributed by atoms with van der Waals surface area (Å²) in [4.78, 5) is 18.6. The van der Waals surface area contributed by atoms with Gasteiger partial charge in [0.1, 0.15) is 0 Å². The average molecular weight is 258 g/mol. The van der Waals surface area contributed by atoms with Crippen LogP contribution in [0.25, 0.3) is 11.1 Å². The van der Waals surface area contributed by atoms with E-state index in [4.69, 9.17) is 5.73 Å². The molecule has 6 heteroatoms. The van der Waals surface area contributed by atoms with E-state index in [9.17, 15) is 10.1 Å². The summed E-state index contributed by atoms with van der Waals surface area (Å²) in [6, 6.07) is 5.07. The molecule has 0 bridgehead atoms. The first-order chi connectivity index (χ1) is 9.00. The van der Waals surface area contributed by atoms with Crippen LogP contribution in [0.4, 0.5) is 11.5 Å². The van der Waals surface area contributed by atoms with Gasteiger partial charge in [-0.05, 0) is 23.6 Å². The molecular weight excluding hydrogens is 244 g/mol. The zero-order chi connectivity index (χ0) is 14.0. The van der Waals surface area contributed by atoms with Crippen molar-refractivity contribution in [3.05, 3.63) is 46.4 Å². The van der Waals surface area contributed by atoms with Crippen molar-refractivity contribution in [3.8, 4) is 11.1 Å². The largest absolute Gasteiger partial charge is 0.378 e. The van der Waals surface area contributed by atoms with E-state index in [0.717, 1.165) is 16.8 Å². The highest BCUT2D eigenvalue weighted by Crippen LogP contribution is 2.33. The minimum atomic E-state index is -0.517. The summed E-state index contributed by atoms with van der Waals surface area (Å²) in [5.41, 5.74) is 7.78. The molecule has 0 atom stereocenters. The van der Waals surface area contributed by atoms with Gasteiger partial charge >= 0.3 is 5.69 Å². The molecule has 2 N–H and O–H groups in total. The summed E-state index contributed by atoms with van der Waals surface area (Å²) in [7, 11) is 0. The van der Waals surface area contributed by atoms with E-state index in [1.807, 2.05) is 13.8 Å². The molecule has 0 saturated heterocycles. The van der Waals surface area contributed by atoms with Crippen LogP contribution in [0.15, 0.2) is 30.6 Å². The van der Waals surface area contributed by atoms with Crippen LogP contribution >= 0.6 is 0 Å². The van der Waals surface area contributed by atoms with E-state index in [0.29, 0.717) is 0 Å². The van der Waals surface area contributed by atoms with Gasteiger partial charge < -0.3 is 5.73 Å². The molecule has 2 rings (SSSR count). The van der Waals surface area contributed by atoms with Crippen LogP contribution in [0.3, 0.4) is 0 Å². The first kappa shape index (κ1) is 12.9. The summed E-state index contributed by atoms with van der Waals surface area (Å²) < 4.78 is 0. The van der Waals surface area contributed by atoms with Crippen molar-refractivity contribution in [1.29, 1.82) is 0 Å². The molecular formula is C13H14N4O2. The van der Waals surface area contributed by atoms with Crippen LogP contribution in [0.5, 0.6) is 0 Å². The van der Waals surface area contributed by atoms with Gasteiger partial charge in [-0.15, -0.1) is 0 Å². The molecule has 0 fully saturated rings. The number of nitrogen functional groups attached to an aromatic ring is 1. The molecule has 2 aromatic rings. The maximum Gasteiger partial charge on any atom is 0.311 e. The fourth-order valence-electron chi connectivity index (χ4n) is 1.88. The lowest BCUT2D eigenvalue weighted by Gasteiger charge is -2.12. The summed E-state index contributed by atoms with van der Waals surface area (Å²) in [5.74, 6) is 0.0674. The third kappa shape index (κ3) is 2.52. The third-order valence-corrected chi connectivity index (χ3v) is 2.80. The maximum atomic E-state index is 11.0. The molecule has 0 aliphatic heterocycles. The number of nitrogens with zero attached hydrogens (tertiary/aromatic N) is 3. The highest BCUT2D eigenvalue weighted by atomic mass is 16.6. The molecule has 0 spiro atoms. The summed E-state index contributed by atoms with van der Waals surface area (Å²) >= 11 is 0. The Morgan fingerprint density at radius 3 is 2.47 bits per heavy atom. The number of nitro groups is 1. The average Bonchev–Trinajstić information content (AvgIpc) is 2.38. The zero-order valence-corrected chi connectivity index (χ0v) is 10.7.